The van der Waals surface area contributed by atoms with Gasteiger partial charge >= 0.3 is 12.1 Å². The predicted octanol–water partition coefficient (Wildman–Crippen LogP) is 4.94. The minimum absolute atomic E-state index is 0.00561. The number of likely N-dealkylation sites (tertiary alicyclic amines) is 1. The second kappa shape index (κ2) is 14.0. The first-order chi connectivity index (χ1) is 22.5. The Labute approximate surface area is 271 Å². The number of nitrogens with one attached hydrogen (secondary N) is 2. The number of pyridine rings is 1. The number of aromatic nitrogens is 1. The summed E-state index contributed by atoms with van der Waals surface area (Å²) >= 11 is -2.60. The molecule has 246 valence electrons. The maximum Gasteiger partial charge on any atom is 0.411 e. The lowest BCUT2D eigenvalue weighted by Crippen LogP contribution is -2.40. The highest BCUT2D eigenvalue weighted by Crippen LogP contribution is 2.43. The summed E-state index contributed by atoms with van der Waals surface area (Å²) < 4.78 is 48.4. The van der Waals surface area contributed by atoms with Crippen LogP contribution in [-0.4, -0.2) is 62.0 Å². The summed E-state index contributed by atoms with van der Waals surface area (Å²) in [7, 11) is 1.15. The third kappa shape index (κ3) is 6.95. The van der Waals surface area contributed by atoms with Gasteiger partial charge in [0.05, 0.1) is 30.6 Å². The normalized spacial score (nSPS) is 17.1. The van der Waals surface area contributed by atoms with Gasteiger partial charge in [0, 0.05) is 35.1 Å². The van der Waals surface area contributed by atoms with Crippen molar-refractivity contribution in [2.24, 2.45) is 5.92 Å². The number of amides is 2. The summed E-state index contributed by atoms with van der Waals surface area (Å²) in [5.41, 5.74) is 6.52. The number of ether oxygens (including phenoxy) is 2. The van der Waals surface area contributed by atoms with Crippen LogP contribution < -0.4 is 21.1 Å². The van der Waals surface area contributed by atoms with Gasteiger partial charge in [-0.1, -0.05) is 0 Å². The second-order valence-corrected chi connectivity index (χ2v) is 11.6. The number of aliphatic carboxylic acids is 1. The molecule has 1 saturated heterocycles. The number of methoxy groups -OCH3 is 1. The molecule has 6 N–H and O–H groups in total. The van der Waals surface area contributed by atoms with Gasteiger partial charge in [-0.15, -0.1) is 0 Å². The summed E-state index contributed by atoms with van der Waals surface area (Å²) in [6, 6.07) is 12.1. The molecule has 0 spiro atoms. The molecule has 0 radical (unpaired) electrons. The van der Waals surface area contributed by atoms with Crippen molar-refractivity contribution in [3.05, 3.63) is 83.8 Å². The molecule has 3 aromatic carbocycles. The molecule has 5 rings (SSSR count). The molecule has 2 heterocycles. The van der Waals surface area contributed by atoms with Crippen molar-refractivity contribution < 1.29 is 42.1 Å². The van der Waals surface area contributed by atoms with E-state index in [0.717, 1.165) is 7.11 Å². The van der Waals surface area contributed by atoms with Gasteiger partial charge < -0.3 is 35.1 Å². The molecule has 1 unspecified atom stereocenters. The van der Waals surface area contributed by atoms with Crippen LogP contribution in [0, 0.1) is 11.7 Å². The Balaban J connectivity index is 1.63. The third-order valence-corrected chi connectivity index (χ3v) is 8.64. The van der Waals surface area contributed by atoms with Crippen LogP contribution in [0.3, 0.4) is 0 Å². The summed E-state index contributed by atoms with van der Waals surface area (Å²) in [5.74, 6) is -3.27. The summed E-state index contributed by atoms with van der Waals surface area (Å²) in [4.78, 5) is 44.3. The molecule has 2 amide bonds. The predicted molar refractivity (Wildman–Crippen MR) is 172 cm³/mol. The van der Waals surface area contributed by atoms with Gasteiger partial charge in [0.15, 0.2) is 11.1 Å². The number of nitrogen functional groups attached to an aromatic ring is 1. The number of carboxylic acids is 1. The van der Waals surface area contributed by atoms with Crippen molar-refractivity contribution in [3.63, 3.8) is 0 Å². The molecule has 4 aromatic rings. The standard InChI is InChI=1S/C32H32FN5O8S/c1-3-46-20-6-8-25(33)23(16-20)27(36-18-4-7-21-17(14-18)10-12-35-29(21)34)30(39)38-13-11-22(31(40)41)28(38)24-15-19(37-32(42)45-2)5-9-26(24)47(43)44/h4-10,12,14-16,22,27-28,36H,3,11,13H2,1-2H3,(H2,34,35)(H,37,42)(H,40,41)(H,43,44)/t22-,27+,28+/m0/s1. The number of carbonyl (C=O) groups excluding carboxylic acids is 2. The fourth-order valence-electron chi connectivity index (χ4n) is 5.76. The number of fused-ring (bicyclic) bond motifs is 1. The van der Waals surface area contributed by atoms with Crippen LogP contribution in [0.2, 0.25) is 0 Å². The number of carboxylic acid groups (broad SMARTS) is 1. The maximum atomic E-state index is 15.6. The average molecular weight is 666 g/mol. The second-order valence-electron chi connectivity index (χ2n) is 10.7. The van der Waals surface area contributed by atoms with E-state index in [4.69, 9.17) is 10.5 Å². The van der Waals surface area contributed by atoms with Gasteiger partial charge in [-0.2, -0.15) is 0 Å². The van der Waals surface area contributed by atoms with Crippen LogP contribution in [0.1, 0.15) is 36.6 Å². The van der Waals surface area contributed by atoms with Crippen LogP contribution in [0.5, 0.6) is 5.75 Å². The van der Waals surface area contributed by atoms with Crippen LogP contribution in [0.25, 0.3) is 10.8 Å². The van der Waals surface area contributed by atoms with E-state index >= 15 is 4.39 Å². The number of nitrogens with two attached hydrogens (primary N) is 1. The van der Waals surface area contributed by atoms with E-state index in [1.54, 1.807) is 31.2 Å². The Morgan fingerprint density at radius 3 is 2.60 bits per heavy atom. The van der Waals surface area contributed by atoms with E-state index in [1.807, 2.05) is 0 Å². The number of benzene rings is 3. The van der Waals surface area contributed by atoms with Crippen molar-refractivity contribution in [2.45, 2.75) is 30.3 Å². The lowest BCUT2D eigenvalue weighted by Gasteiger charge is -2.32. The first-order valence-corrected chi connectivity index (χ1v) is 15.6. The van der Waals surface area contributed by atoms with Gasteiger partial charge in [0.1, 0.15) is 23.4 Å². The summed E-state index contributed by atoms with van der Waals surface area (Å²) in [6.45, 7) is 1.96. The van der Waals surface area contributed by atoms with Crippen LogP contribution in [0.4, 0.5) is 26.4 Å². The highest BCUT2D eigenvalue weighted by molar-refractivity contribution is 7.79. The van der Waals surface area contributed by atoms with E-state index in [1.165, 1.54) is 47.5 Å². The fourth-order valence-corrected chi connectivity index (χ4v) is 6.33. The molecule has 0 saturated carbocycles. The Morgan fingerprint density at radius 2 is 1.89 bits per heavy atom. The van der Waals surface area contributed by atoms with Crippen molar-refractivity contribution in [1.29, 1.82) is 0 Å². The van der Waals surface area contributed by atoms with Crippen LogP contribution >= 0.6 is 0 Å². The molecule has 15 heteroatoms. The highest BCUT2D eigenvalue weighted by atomic mass is 32.2. The fraction of sp³-hybridized carbons (Fsp3) is 0.250. The first-order valence-electron chi connectivity index (χ1n) is 14.5. The van der Waals surface area contributed by atoms with Gasteiger partial charge in [-0.3, -0.25) is 14.9 Å². The van der Waals surface area contributed by atoms with Crippen molar-refractivity contribution in [3.8, 4) is 5.75 Å². The number of halogens is 1. The van der Waals surface area contributed by atoms with E-state index in [2.05, 4.69) is 20.4 Å². The zero-order valence-corrected chi connectivity index (χ0v) is 26.1. The first kappa shape index (κ1) is 33.1. The van der Waals surface area contributed by atoms with E-state index in [0.29, 0.717) is 28.0 Å². The molecule has 1 aromatic heterocycles. The largest absolute Gasteiger partial charge is 0.494 e. The van der Waals surface area contributed by atoms with Gasteiger partial charge in [0.2, 0.25) is 5.91 Å². The molecule has 47 heavy (non-hydrogen) atoms. The van der Waals surface area contributed by atoms with Gasteiger partial charge in [-0.05, 0) is 85.0 Å². The molecule has 1 aliphatic rings. The quantitative estimate of drug-likeness (QED) is 0.144. The molecular weight excluding hydrogens is 633 g/mol. The lowest BCUT2D eigenvalue weighted by atomic mass is 9.92. The van der Waals surface area contributed by atoms with Crippen molar-refractivity contribution >= 4 is 57.0 Å². The molecule has 1 aliphatic heterocycles. The molecule has 0 bridgehead atoms. The molecular formula is C32H32FN5O8S. The van der Waals surface area contributed by atoms with Crippen LogP contribution in [0.15, 0.2) is 71.8 Å². The number of carbonyl (C=O) groups is 3. The zero-order valence-electron chi connectivity index (χ0n) is 25.3. The number of nitrogens with zero attached hydrogens (tertiary/aromatic N) is 2. The zero-order chi connectivity index (χ0) is 33.8. The maximum absolute atomic E-state index is 15.6. The van der Waals surface area contributed by atoms with E-state index in [9.17, 15) is 28.3 Å². The summed E-state index contributed by atoms with van der Waals surface area (Å²) in [5, 5.41) is 17.1. The Kier molecular flexibility index (Phi) is 9.86. The molecule has 1 fully saturated rings. The van der Waals surface area contributed by atoms with E-state index < -0.39 is 52.9 Å². The lowest BCUT2D eigenvalue weighted by molar-refractivity contribution is -0.143. The number of rotatable bonds is 10. The van der Waals surface area contributed by atoms with Crippen molar-refractivity contribution in [1.82, 2.24) is 9.88 Å². The Hall–Kier alpha value is -5.28. The van der Waals surface area contributed by atoms with Gasteiger partial charge in [-0.25, -0.2) is 18.4 Å². The topological polar surface area (TPSA) is 193 Å². The number of hydrogen-bond donors (Lipinski definition) is 5. The number of hydrogen-bond acceptors (Lipinski definition) is 9. The monoisotopic (exact) mass is 665 g/mol. The SMILES string of the molecule is CCOc1ccc(F)c([C@@H](Nc2ccc3c(N)nccc3c2)C(=O)N2CC[C@H](C(=O)O)[C@@H]2c2cc(NC(=O)OC)ccc2S(=O)O)c1. The number of anilines is 3. The third-order valence-electron chi connectivity index (χ3n) is 7.89. The minimum Gasteiger partial charge on any atom is -0.494 e. The Morgan fingerprint density at radius 1 is 1.13 bits per heavy atom. The van der Waals surface area contributed by atoms with Gasteiger partial charge in [0.25, 0.3) is 0 Å². The van der Waals surface area contributed by atoms with Crippen molar-refractivity contribution in [2.75, 3.05) is 36.6 Å². The van der Waals surface area contributed by atoms with Crippen LogP contribution in [-0.2, 0) is 25.4 Å². The highest BCUT2D eigenvalue weighted by Gasteiger charge is 2.46. The molecule has 13 nitrogen and oxygen atoms in total. The summed E-state index contributed by atoms with van der Waals surface area (Å²) in [6.07, 6.45) is 0.695. The van der Waals surface area contributed by atoms with E-state index in [-0.39, 0.29) is 41.3 Å². The average Bonchev–Trinajstić information content (AvgIpc) is 3.50. The Bertz CT molecular complexity index is 1880. The smallest absolute Gasteiger partial charge is 0.411 e. The molecule has 0 aliphatic carbocycles. The minimum atomic E-state index is -2.60. The molecule has 4 atom stereocenters.